The van der Waals surface area contributed by atoms with Gasteiger partial charge in [0.2, 0.25) is 5.43 Å². The van der Waals surface area contributed by atoms with Gasteiger partial charge in [-0.1, -0.05) is 12.1 Å². The number of aromatic nitrogens is 2. The first kappa shape index (κ1) is 18.8. The minimum Gasteiger partial charge on any atom is -0.320 e. The fourth-order valence-corrected chi connectivity index (χ4v) is 2.51. The van der Waals surface area contributed by atoms with E-state index >= 15 is 0 Å². The second-order valence-electron chi connectivity index (χ2n) is 5.74. The van der Waals surface area contributed by atoms with E-state index in [1.807, 2.05) is 0 Å². The van der Waals surface area contributed by atoms with Gasteiger partial charge in [-0.3, -0.25) is 19.7 Å². The van der Waals surface area contributed by atoms with Crippen molar-refractivity contribution in [1.82, 2.24) is 9.78 Å². The molecule has 3 rings (SSSR count). The van der Waals surface area contributed by atoms with Crippen molar-refractivity contribution in [3.8, 4) is 5.69 Å². The van der Waals surface area contributed by atoms with Gasteiger partial charge < -0.3 is 5.32 Å². The van der Waals surface area contributed by atoms with Crippen LogP contribution in [0, 0.1) is 28.7 Å². The molecular weight excluding hydrogens is 374 g/mol. The summed E-state index contributed by atoms with van der Waals surface area (Å²) in [6, 6.07) is 9.48. The number of nitrogens with zero attached hydrogens (tertiary/aromatic N) is 3. The summed E-state index contributed by atoms with van der Waals surface area (Å²) < 4.78 is 27.4. The number of nitrogens with one attached hydrogen (secondary N) is 1. The zero-order valence-corrected chi connectivity index (χ0v) is 14.3. The smallest absolute Gasteiger partial charge is 0.294 e. The topological polar surface area (TPSA) is 107 Å². The summed E-state index contributed by atoms with van der Waals surface area (Å²) >= 11 is 0. The molecule has 10 heteroatoms. The van der Waals surface area contributed by atoms with Crippen molar-refractivity contribution in [3.05, 3.63) is 91.9 Å². The van der Waals surface area contributed by atoms with E-state index in [-0.39, 0.29) is 22.8 Å². The highest BCUT2D eigenvalue weighted by Crippen LogP contribution is 2.22. The molecule has 0 bridgehead atoms. The molecule has 0 spiro atoms. The zero-order valence-electron chi connectivity index (χ0n) is 14.3. The molecule has 0 saturated carbocycles. The third kappa shape index (κ3) is 3.61. The summed E-state index contributed by atoms with van der Waals surface area (Å²) in [7, 11) is 0. The molecule has 0 atom stereocenters. The molecule has 0 aliphatic heterocycles. The van der Waals surface area contributed by atoms with Crippen molar-refractivity contribution < 1.29 is 18.5 Å². The second-order valence-corrected chi connectivity index (χ2v) is 5.74. The highest BCUT2D eigenvalue weighted by Gasteiger charge is 2.20. The van der Waals surface area contributed by atoms with Crippen LogP contribution in [0.2, 0.25) is 0 Å². The Labute approximate surface area is 156 Å². The maximum Gasteiger partial charge on any atom is 0.294 e. The van der Waals surface area contributed by atoms with Crippen molar-refractivity contribution in [2.45, 2.75) is 6.92 Å². The molecule has 0 aliphatic rings. The predicted molar refractivity (Wildman–Crippen MR) is 95.5 cm³/mol. The van der Waals surface area contributed by atoms with Gasteiger partial charge >= 0.3 is 0 Å². The van der Waals surface area contributed by atoms with Gasteiger partial charge in [-0.2, -0.15) is 5.10 Å². The minimum atomic E-state index is -1.17. The van der Waals surface area contributed by atoms with E-state index < -0.39 is 33.6 Å². The number of carbonyl (C=O) groups is 1. The summed E-state index contributed by atoms with van der Waals surface area (Å²) in [5.41, 5.74) is -1.31. The molecule has 1 amide bonds. The number of aryl methyl sites for hydroxylation is 1. The van der Waals surface area contributed by atoms with Gasteiger partial charge in [0.1, 0.15) is 5.69 Å². The molecule has 142 valence electrons. The lowest BCUT2D eigenvalue weighted by Gasteiger charge is -2.11. The minimum absolute atomic E-state index is 0.0619. The summed E-state index contributed by atoms with van der Waals surface area (Å²) in [6.45, 7) is 1.50. The first-order chi connectivity index (χ1) is 13.3. The quantitative estimate of drug-likeness (QED) is 0.548. The maximum absolute atomic E-state index is 13.3. The van der Waals surface area contributed by atoms with E-state index in [9.17, 15) is 28.5 Å². The largest absolute Gasteiger partial charge is 0.320 e. The van der Waals surface area contributed by atoms with Crippen LogP contribution in [-0.4, -0.2) is 20.6 Å². The molecule has 1 aromatic heterocycles. The lowest BCUT2D eigenvalue weighted by Crippen LogP contribution is -2.27. The van der Waals surface area contributed by atoms with E-state index in [0.29, 0.717) is 0 Å². The van der Waals surface area contributed by atoms with E-state index in [1.54, 1.807) is 6.07 Å². The Kier molecular flexibility index (Phi) is 4.94. The Bertz CT molecular complexity index is 1160. The average molecular weight is 386 g/mol. The predicted octanol–water partition coefficient (Wildman–Crippen LogP) is 2.98. The number of rotatable bonds is 4. The number of benzene rings is 2. The van der Waals surface area contributed by atoms with Crippen LogP contribution in [0.4, 0.5) is 20.2 Å². The number of nitro benzene ring substituents is 1. The first-order valence-corrected chi connectivity index (χ1v) is 7.89. The van der Waals surface area contributed by atoms with Crippen LogP contribution in [0.3, 0.4) is 0 Å². The molecule has 3 aromatic rings. The third-order valence-corrected chi connectivity index (χ3v) is 3.81. The van der Waals surface area contributed by atoms with Crippen molar-refractivity contribution >= 4 is 17.3 Å². The Balaban J connectivity index is 2.05. The third-order valence-electron chi connectivity index (χ3n) is 3.81. The standard InChI is InChI=1S/C18H12F2N4O4/c1-10-8-16(25)17(18(26)21-11-6-7-12(19)13(20)9-11)22-23(10)14-4-2-3-5-15(14)24(27)28/h2-9H,1H3,(H,21,26). The summed E-state index contributed by atoms with van der Waals surface area (Å²) in [4.78, 5) is 35.2. The van der Waals surface area contributed by atoms with Gasteiger partial charge in [0.05, 0.1) is 4.92 Å². The van der Waals surface area contributed by atoms with Gasteiger partial charge in [-0.05, 0) is 25.1 Å². The van der Waals surface area contributed by atoms with Crippen molar-refractivity contribution in [2.75, 3.05) is 5.32 Å². The molecule has 2 aromatic carbocycles. The van der Waals surface area contributed by atoms with Crippen LogP contribution in [-0.2, 0) is 0 Å². The maximum atomic E-state index is 13.3. The molecular formula is C18H12F2N4O4. The number of halogens is 2. The van der Waals surface area contributed by atoms with E-state index in [2.05, 4.69) is 10.4 Å². The van der Waals surface area contributed by atoms with Crippen molar-refractivity contribution in [2.24, 2.45) is 0 Å². The highest BCUT2D eigenvalue weighted by atomic mass is 19.2. The fourth-order valence-electron chi connectivity index (χ4n) is 2.51. The molecule has 0 aliphatic carbocycles. The van der Waals surface area contributed by atoms with E-state index in [4.69, 9.17) is 0 Å². The molecule has 0 unspecified atom stereocenters. The second kappa shape index (κ2) is 7.35. The summed E-state index contributed by atoms with van der Waals surface area (Å²) in [5, 5.41) is 17.4. The SMILES string of the molecule is Cc1cc(=O)c(C(=O)Nc2ccc(F)c(F)c2)nn1-c1ccccc1[N+](=O)[O-]. The van der Waals surface area contributed by atoms with Gasteiger partial charge in [0.25, 0.3) is 11.6 Å². The lowest BCUT2D eigenvalue weighted by atomic mass is 10.2. The number of amides is 1. The fraction of sp³-hybridized carbons (Fsp3) is 0.0556. The molecule has 0 radical (unpaired) electrons. The number of hydrogen-bond donors (Lipinski definition) is 1. The molecule has 0 saturated heterocycles. The van der Waals surface area contributed by atoms with Gasteiger partial charge in [-0.25, -0.2) is 13.5 Å². The average Bonchev–Trinajstić information content (AvgIpc) is 2.64. The van der Waals surface area contributed by atoms with Crippen LogP contribution >= 0.6 is 0 Å². The molecule has 28 heavy (non-hydrogen) atoms. The Morgan fingerprint density at radius 3 is 2.54 bits per heavy atom. The highest BCUT2D eigenvalue weighted by molar-refractivity contribution is 6.02. The summed E-state index contributed by atoms with van der Waals surface area (Å²) in [5.74, 6) is -3.24. The molecule has 8 nitrogen and oxygen atoms in total. The van der Waals surface area contributed by atoms with Crippen LogP contribution in [0.5, 0.6) is 0 Å². The number of nitro groups is 1. The Hall–Kier alpha value is -3.95. The monoisotopic (exact) mass is 386 g/mol. The van der Waals surface area contributed by atoms with Crippen LogP contribution in [0.1, 0.15) is 16.2 Å². The summed E-state index contributed by atoms with van der Waals surface area (Å²) in [6.07, 6.45) is 0. The van der Waals surface area contributed by atoms with Gasteiger partial charge in [0.15, 0.2) is 17.3 Å². The van der Waals surface area contributed by atoms with Crippen molar-refractivity contribution in [3.63, 3.8) is 0 Å². The lowest BCUT2D eigenvalue weighted by molar-refractivity contribution is -0.384. The Morgan fingerprint density at radius 1 is 1.14 bits per heavy atom. The number of hydrogen-bond acceptors (Lipinski definition) is 5. The first-order valence-electron chi connectivity index (χ1n) is 7.89. The molecule has 0 fully saturated rings. The van der Waals surface area contributed by atoms with E-state index in [0.717, 1.165) is 28.9 Å². The number of anilines is 1. The number of para-hydroxylation sites is 2. The van der Waals surface area contributed by atoms with Crippen molar-refractivity contribution in [1.29, 1.82) is 0 Å². The van der Waals surface area contributed by atoms with Gasteiger partial charge in [-0.15, -0.1) is 0 Å². The molecule has 1 N–H and O–H groups in total. The van der Waals surface area contributed by atoms with Crippen LogP contribution in [0.15, 0.2) is 53.3 Å². The molecule has 1 heterocycles. The van der Waals surface area contributed by atoms with Crippen LogP contribution in [0.25, 0.3) is 5.69 Å². The Morgan fingerprint density at radius 2 is 1.86 bits per heavy atom. The van der Waals surface area contributed by atoms with Gasteiger partial charge in [0, 0.05) is 29.6 Å². The normalized spacial score (nSPS) is 10.5. The zero-order chi connectivity index (χ0) is 20.4. The van der Waals surface area contributed by atoms with E-state index in [1.165, 1.54) is 25.1 Å². The number of carbonyl (C=O) groups excluding carboxylic acids is 1. The van der Waals surface area contributed by atoms with Crippen LogP contribution < -0.4 is 10.7 Å².